The second kappa shape index (κ2) is 16.4. The second-order valence-electron chi connectivity index (χ2n) is 11.1. The SMILES string of the molecule is COc1ccc2c(c1)OCC(C)(c1ccc(F)cc1)C2SCCCCCCCCCCSCCCC(F)(F)C(F)(F)F. The normalized spacial score (nSPS) is 18.9. The molecule has 1 aliphatic heterocycles. The Labute approximate surface area is 254 Å². The van der Waals surface area contributed by atoms with E-state index in [1.54, 1.807) is 7.11 Å². The number of hydrogen-bond acceptors (Lipinski definition) is 4. The lowest BCUT2D eigenvalue weighted by atomic mass is 9.76. The predicted molar refractivity (Wildman–Crippen MR) is 162 cm³/mol. The molecule has 0 aliphatic carbocycles. The molecule has 0 aromatic heterocycles. The molecule has 0 fully saturated rings. The molecule has 0 bridgehead atoms. The molecule has 0 spiro atoms. The van der Waals surface area contributed by atoms with Gasteiger partial charge in [-0.1, -0.05) is 63.6 Å². The van der Waals surface area contributed by atoms with Gasteiger partial charge in [-0.05, 0) is 60.3 Å². The summed E-state index contributed by atoms with van der Waals surface area (Å²) >= 11 is 3.39. The van der Waals surface area contributed by atoms with Crippen LogP contribution in [0.2, 0.25) is 0 Å². The van der Waals surface area contributed by atoms with E-state index in [0.717, 1.165) is 79.1 Å². The zero-order chi connectivity index (χ0) is 30.6. The smallest absolute Gasteiger partial charge is 0.453 e. The van der Waals surface area contributed by atoms with Gasteiger partial charge in [0.2, 0.25) is 0 Å². The highest BCUT2D eigenvalue weighted by atomic mass is 32.2. The van der Waals surface area contributed by atoms with E-state index in [9.17, 15) is 26.3 Å². The third-order valence-corrected chi connectivity index (χ3v) is 10.6. The number of fused-ring (bicyclic) bond motifs is 1. The Bertz CT molecular complexity index is 1080. The van der Waals surface area contributed by atoms with Crippen molar-refractivity contribution >= 4 is 23.5 Å². The standard InChI is InChI=1S/C32H42F6O2S2/c1-30(24-12-14-25(33)15-13-24)23-40-28-22-26(39-2)16-17-27(28)29(30)42-21-10-8-6-4-3-5-7-9-19-41-20-11-18-31(34,35)32(36,37)38/h12-17,22,29H,3-11,18-21,23H2,1-2H3. The van der Waals surface area contributed by atoms with Gasteiger partial charge in [0.1, 0.15) is 17.3 Å². The average molecular weight is 637 g/mol. The fourth-order valence-corrected chi connectivity index (χ4v) is 7.69. The Morgan fingerprint density at radius 2 is 1.43 bits per heavy atom. The number of unbranched alkanes of at least 4 members (excludes halogenated alkanes) is 7. The van der Waals surface area contributed by atoms with Crippen LogP contribution in [0.15, 0.2) is 42.5 Å². The summed E-state index contributed by atoms with van der Waals surface area (Å²) in [5.74, 6) is -1.09. The molecule has 236 valence electrons. The number of methoxy groups -OCH3 is 1. The Morgan fingerprint density at radius 1 is 0.833 bits per heavy atom. The zero-order valence-corrected chi connectivity index (χ0v) is 26.1. The molecule has 1 heterocycles. The number of thioether (sulfide) groups is 2. The fraction of sp³-hybridized carbons (Fsp3) is 0.625. The molecular weight excluding hydrogens is 594 g/mol. The first kappa shape index (κ1) is 34.8. The highest BCUT2D eigenvalue weighted by Crippen LogP contribution is 2.53. The van der Waals surface area contributed by atoms with Gasteiger partial charge in [0, 0.05) is 28.7 Å². The number of benzene rings is 2. The zero-order valence-electron chi connectivity index (χ0n) is 24.4. The van der Waals surface area contributed by atoms with Crippen LogP contribution in [0.25, 0.3) is 0 Å². The maximum absolute atomic E-state index is 13.7. The highest BCUT2D eigenvalue weighted by Gasteiger charge is 2.56. The lowest BCUT2D eigenvalue weighted by molar-refractivity contribution is -0.284. The number of rotatable bonds is 18. The molecule has 42 heavy (non-hydrogen) atoms. The van der Waals surface area contributed by atoms with Crippen LogP contribution < -0.4 is 9.47 Å². The van der Waals surface area contributed by atoms with E-state index < -0.39 is 18.5 Å². The molecule has 0 amide bonds. The maximum atomic E-state index is 13.7. The van der Waals surface area contributed by atoms with Gasteiger partial charge < -0.3 is 9.47 Å². The van der Waals surface area contributed by atoms with E-state index in [-0.39, 0.29) is 22.9 Å². The first-order chi connectivity index (χ1) is 20.0. The van der Waals surface area contributed by atoms with E-state index in [1.165, 1.54) is 30.3 Å². The molecule has 2 nitrogen and oxygen atoms in total. The first-order valence-electron chi connectivity index (χ1n) is 14.7. The van der Waals surface area contributed by atoms with Crippen LogP contribution in [0.4, 0.5) is 26.3 Å². The number of ether oxygens (including phenoxy) is 2. The van der Waals surface area contributed by atoms with Gasteiger partial charge in [-0.15, -0.1) is 0 Å². The summed E-state index contributed by atoms with van der Waals surface area (Å²) < 4.78 is 87.5. The molecule has 2 atom stereocenters. The molecule has 0 saturated carbocycles. The largest absolute Gasteiger partial charge is 0.497 e. The summed E-state index contributed by atoms with van der Waals surface area (Å²) in [4.78, 5) is 0. The number of alkyl halides is 5. The number of hydrogen-bond donors (Lipinski definition) is 0. The summed E-state index contributed by atoms with van der Waals surface area (Å²) in [6.45, 7) is 2.69. The lowest BCUT2D eigenvalue weighted by Gasteiger charge is -2.42. The van der Waals surface area contributed by atoms with E-state index >= 15 is 0 Å². The third-order valence-electron chi connectivity index (χ3n) is 7.77. The van der Waals surface area contributed by atoms with Gasteiger partial charge >= 0.3 is 12.1 Å². The summed E-state index contributed by atoms with van der Waals surface area (Å²) in [6.07, 6.45) is 2.15. The van der Waals surface area contributed by atoms with Crippen LogP contribution in [0, 0.1) is 5.82 Å². The van der Waals surface area contributed by atoms with E-state index in [1.807, 2.05) is 36.0 Å². The molecule has 2 aromatic rings. The van der Waals surface area contributed by atoms with Crippen molar-refractivity contribution in [1.82, 2.24) is 0 Å². The van der Waals surface area contributed by atoms with Gasteiger partial charge in [0.15, 0.2) is 0 Å². The fourth-order valence-electron chi connectivity index (χ4n) is 5.18. The third kappa shape index (κ3) is 9.93. The first-order valence-corrected chi connectivity index (χ1v) is 16.9. The van der Waals surface area contributed by atoms with Gasteiger partial charge in [-0.2, -0.15) is 45.5 Å². The van der Waals surface area contributed by atoms with Crippen molar-refractivity contribution < 1.29 is 35.8 Å². The summed E-state index contributed by atoms with van der Waals surface area (Å²) in [5.41, 5.74) is 1.90. The minimum atomic E-state index is -5.45. The molecule has 1 aliphatic rings. The van der Waals surface area contributed by atoms with Gasteiger partial charge in [-0.25, -0.2) is 4.39 Å². The Hall–Kier alpha value is -1.68. The van der Waals surface area contributed by atoms with Gasteiger partial charge in [-0.3, -0.25) is 0 Å². The minimum absolute atomic E-state index is 0.128. The van der Waals surface area contributed by atoms with Crippen LogP contribution in [0.5, 0.6) is 11.5 Å². The average Bonchev–Trinajstić information content (AvgIpc) is 2.95. The van der Waals surface area contributed by atoms with Crippen LogP contribution in [-0.4, -0.2) is 43.1 Å². The lowest BCUT2D eigenvalue weighted by Crippen LogP contribution is -2.39. The van der Waals surface area contributed by atoms with Gasteiger partial charge in [0.25, 0.3) is 0 Å². The quantitative estimate of drug-likeness (QED) is 0.120. The van der Waals surface area contributed by atoms with Crippen molar-refractivity contribution in [2.75, 3.05) is 31.0 Å². The highest BCUT2D eigenvalue weighted by molar-refractivity contribution is 7.99. The molecular formula is C32H42F6O2S2. The maximum Gasteiger partial charge on any atom is 0.453 e. The van der Waals surface area contributed by atoms with Crippen LogP contribution in [0.3, 0.4) is 0 Å². The van der Waals surface area contributed by atoms with E-state index in [0.29, 0.717) is 12.4 Å². The molecule has 3 rings (SSSR count). The topological polar surface area (TPSA) is 18.5 Å². The van der Waals surface area contributed by atoms with Crippen molar-refractivity contribution in [2.45, 2.75) is 93.9 Å². The van der Waals surface area contributed by atoms with Gasteiger partial charge in [0.05, 0.1) is 13.7 Å². The van der Waals surface area contributed by atoms with Crippen LogP contribution >= 0.6 is 23.5 Å². The Morgan fingerprint density at radius 3 is 2.05 bits per heavy atom. The van der Waals surface area contributed by atoms with Crippen molar-refractivity contribution in [3.8, 4) is 11.5 Å². The van der Waals surface area contributed by atoms with Crippen molar-refractivity contribution in [2.24, 2.45) is 0 Å². The summed E-state index contributed by atoms with van der Waals surface area (Å²) in [6, 6.07) is 12.7. The van der Waals surface area contributed by atoms with Crippen molar-refractivity contribution in [1.29, 1.82) is 0 Å². The molecule has 2 aromatic carbocycles. The molecule has 0 N–H and O–H groups in total. The monoisotopic (exact) mass is 636 g/mol. The molecule has 0 saturated heterocycles. The molecule has 2 unspecified atom stereocenters. The van der Waals surface area contributed by atoms with E-state index in [4.69, 9.17) is 9.47 Å². The van der Waals surface area contributed by atoms with E-state index in [2.05, 4.69) is 13.0 Å². The second-order valence-corrected chi connectivity index (χ2v) is 13.6. The summed E-state index contributed by atoms with van der Waals surface area (Å²) in [7, 11) is 1.64. The predicted octanol–water partition coefficient (Wildman–Crippen LogP) is 10.8. The van der Waals surface area contributed by atoms with Crippen LogP contribution in [0.1, 0.15) is 87.5 Å². The van der Waals surface area contributed by atoms with Crippen molar-refractivity contribution in [3.63, 3.8) is 0 Å². The minimum Gasteiger partial charge on any atom is -0.497 e. The van der Waals surface area contributed by atoms with Crippen LogP contribution in [-0.2, 0) is 5.41 Å². The number of halogens is 6. The molecule has 0 radical (unpaired) electrons. The van der Waals surface area contributed by atoms with Crippen molar-refractivity contribution in [3.05, 3.63) is 59.4 Å². The Balaban J connectivity index is 1.32. The Kier molecular flexibility index (Phi) is 13.6. The molecule has 10 heteroatoms. The summed E-state index contributed by atoms with van der Waals surface area (Å²) in [5, 5.41) is 0.164.